The molecule has 2 rings (SSSR count). The average Bonchev–Trinajstić information content (AvgIpc) is 2.47. The van der Waals surface area contributed by atoms with Gasteiger partial charge in [-0.05, 0) is 24.3 Å². The first-order valence-electron chi connectivity index (χ1n) is 6.04. The van der Waals surface area contributed by atoms with Crippen molar-refractivity contribution < 1.29 is 9.90 Å². The van der Waals surface area contributed by atoms with Crippen LogP contribution in [0.5, 0.6) is 0 Å². The lowest BCUT2D eigenvalue weighted by molar-refractivity contribution is 0.0696. The molecule has 0 saturated heterocycles. The van der Waals surface area contributed by atoms with Crippen molar-refractivity contribution in [2.24, 2.45) is 14.1 Å². The van der Waals surface area contributed by atoms with E-state index >= 15 is 0 Å². The van der Waals surface area contributed by atoms with E-state index in [-0.39, 0.29) is 5.56 Å². The number of rotatable bonds is 3. The number of hydrogen-bond acceptors (Lipinski definition) is 4. The van der Waals surface area contributed by atoms with Crippen LogP contribution in [0.3, 0.4) is 0 Å². The Balaban J connectivity index is 2.43. The van der Waals surface area contributed by atoms with Gasteiger partial charge in [-0.2, -0.15) is 0 Å². The molecule has 0 aliphatic heterocycles. The minimum absolute atomic E-state index is 0.109. The summed E-state index contributed by atoms with van der Waals surface area (Å²) >= 11 is 0. The molecule has 0 saturated carbocycles. The van der Waals surface area contributed by atoms with Crippen molar-refractivity contribution in [2.75, 3.05) is 0 Å². The Labute approximate surface area is 119 Å². The molecule has 1 N–H and O–H groups in total. The molecule has 0 radical (unpaired) electrons. The molecule has 0 aliphatic rings. The van der Waals surface area contributed by atoms with Gasteiger partial charge in [0, 0.05) is 26.5 Å². The van der Waals surface area contributed by atoms with Gasteiger partial charge in [0.25, 0.3) is 5.56 Å². The summed E-state index contributed by atoms with van der Waals surface area (Å²) < 4.78 is 2.29. The number of carboxylic acids is 1. The maximum Gasteiger partial charge on any atom is 0.335 e. The van der Waals surface area contributed by atoms with E-state index in [1.54, 1.807) is 7.05 Å². The zero-order chi connectivity index (χ0) is 15.6. The Morgan fingerprint density at radius 2 is 2.00 bits per heavy atom. The number of aromatic carboxylic acids is 1. The number of nitrogens with zero attached hydrogens (tertiary/aromatic N) is 3. The third kappa shape index (κ3) is 2.97. The zero-order valence-corrected chi connectivity index (χ0v) is 11.5. The van der Waals surface area contributed by atoms with Crippen molar-refractivity contribution in [3.8, 4) is 0 Å². The summed E-state index contributed by atoms with van der Waals surface area (Å²) in [6, 6.07) is 2.77. The maximum absolute atomic E-state index is 11.9. The van der Waals surface area contributed by atoms with Gasteiger partial charge in [-0.25, -0.2) is 9.59 Å². The number of carbonyl (C=O) groups is 1. The number of aromatic nitrogens is 3. The van der Waals surface area contributed by atoms with Gasteiger partial charge >= 0.3 is 11.7 Å². The second-order valence-electron chi connectivity index (χ2n) is 4.45. The fourth-order valence-corrected chi connectivity index (χ4v) is 1.80. The molecule has 0 bridgehead atoms. The van der Waals surface area contributed by atoms with Gasteiger partial charge in [-0.1, -0.05) is 0 Å². The third-order valence-corrected chi connectivity index (χ3v) is 2.93. The van der Waals surface area contributed by atoms with Crippen LogP contribution in [0.1, 0.15) is 21.6 Å². The fraction of sp³-hybridized carbons (Fsp3) is 0.143. The van der Waals surface area contributed by atoms with Crippen LogP contribution in [-0.2, 0) is 14.1 Å². The summed E-state index contributed by atoms with van der Waals surface area (Å²) in [5.74, 6) is -1.05. The molecule has 21 heavy (non-hydrogen) atoms. The van der Waals surface area contributed by atoms with Crippen molar-refractivity contribution in [1.29, 1.82) is 0 Å². The van der Waals surface area contributed by atoms with Crippen LogP contribution in [0.25, 0.3) is 12.2 Å². The smallest absolute Gasteiger partial charge is 0.335 e. The molecule has 2 aromatic heterocycles. The van der Waals surface area contributed by atoms with Crippen molar-refractivity contribution in [3.63, 3.8) is 0 Å². The summed E-state index contributed by atoms with van der Waals surface area (Å²) in [5, 5.41) is 8.90. The third-order valence-electron chi connectivity index (χ3n) is 2.93. The summed E-state index contributed by atoms with van der Waals surface area (Å²) in [5.41, 5.74) is -0.0159. The van der Waals surface area contributed by atoms with Crippen LogP contribution in [0.4, 0.5) is 0 Å². The van der Waals surface area contributed by atoms with Gasteiger partial charge in [0.2, 0.25) is 0 Å². The van der Waals surface area contributed by atoms with E-state index in [0.29, 0.717) is 11.3 Å². The van der Waals surface area contributed by atoms with Crippen LogP contribution >= 0.6 is 0 Å². The van der Waals surface area contributed by atoms with Crippen LogP contribution in [0, 0.1) is 0 Å². The molecule has 2 aromatic rings. The van der Waals surface area contributed by atoms with Crippen LogP contribution < -0.4 is 11.2 Å². The molecule has 0 aliphatic carbocycles. The Kier molecular flexibility index (Phi) is 3.84. The van der Waals surface area contributed by atoms with Crippen molar-refractivity contribution in [2.45, 2.75) is 0 Å². The molecule has 0 amide bonds. The minimum atomic E-state index is -1.05. The largest absolute Gasteiger partial charge is 0.478 e. The van der Waals surface area contributed by atoms with E-state index in [4.69, 9.17) is 5.11 Å². The van der Waals surface area contributed by atoms with E-state index in [2.05, 4.69) is 4.98 Å². The standard InChI is InChI=1S/C14H13N3O4/c1-16-8-10(12(18)17(2)14(16)21)3-4-11-7-9(13(19)20)5-6-15-11/h3-8H,1-2H3,(H,19,20)/b4-3+. The minimum Gasteiger partial charge on any atom is -0.478 e. The fourth-order valence-electron chi connectivity index (χ4n) is 1.80. The first-order chi connectivity index (χ1) is 9.90. The quantitative estimate of drug-likeness (QED) is 0.879. The molecule has 0 atom stereocenters. The Hall–Kier alpha value is -2.96. The SMILES string of the molecule is Cn1cc(/C=C/c2cc(C(=O)O)ccn2)c(=O)n(C)c1=O. The highest BCUT2D eigenvalue weighted by Gasteiger charge is 2.05. The average molecular weight is 287 g/mol. The second kappa shape index (κ2) is 5.58. The molecule has 108 valence electrons. The highest BCUT2D eigenvalue weighted by molar-refractivity contribution is 5.88. The monoisotopic (exact) mass is 287 g/mol. The van der Waals surface area contributed by atoms with Gasteiger partial charge in [-0.15, -0.1) is 0 Å². The Morgan fingerprint density at radius 1 is 1.29 bits per heavy atom. The first-order valence-corrected chi connectivity index (χ1v) is 6.04. The molecular weight excluding hydrogens is 274 g/mol. The second-order valence-corrected chi connectivity index (χ2v) is 4.45. The van der Waals surface area contributed by atoms with Crippen LogP contribution in [0.2, 0.25) is 0 Å². The zero-order valence-electron chi connectivity index (χ0n) is 11.5. The van der Waals surface area contributed by atoms with Gasteiger partial charge in [0.05, 0.1) is 16.8 Å². The molecule has 0 unspecified atom stereocenters. The predicted molar refractivity (Wildman–Crippen MR) is 77.0 cm³/mol. The van der Waals surface area contributed by atoms with Crippen molar-refractivity contribution in [3.05, 3.63) is 62.2 Å². The highest BCUT2D eigenvalue weighted by Crippen LogP contribution is 2.05. The maximum atomic E-state index is 11.9. The lowest BCUT2D eigenvalue weighted by Gasteiger charge is -2.03. The molecular formula is C14H13N3O4. The van der Waals surface area contributed by atoms with Crippen LogP contribution in [-0.4, -0.2) is 25.2 Å². The van der Waals surface area contributed by atoms with Crippen molar-refractivity contribution in [1.82, 2.24) is 14.1 Å². The summed E-state index contributed by atoms with van der Waals surface area (Å²) in [4.78, 5) is 38.3. The van der Waals surface area contributed by atoms with E-state index < -0.39 is 17.2 Å². The summed E-state index contributed by atoms with van der Waals surface area (Å²) in [7, 11) is 2.94. The summed E-state index contributed by atoms with van der Waals surface area (Å²) in [6.07, 6.45) is 5.81. The Morgan fingerprint density at radius 3 is 2.67 bits per heavy atom. The number of hydrogen-bond donors (Lipinski definition) is 1. The van der Waals surface area contributed by atoms with E-state index in [9.17, 15) is 14.4 Å². The highest BCUT2D eigenvalue weighted by atomic mass is 16.4. The van der Waals surface area contributed by atoms with E-state index in [0.717, 1.165) is 4.57 Å². The summed E-state index contributed by atoms with van der Waals surface area (Å²) in [6.45, 7) is 0. The lowest BCUT2D eigenvalue weighted by atomic mass is 10.2. The Bertz CT molecular complexity index is 846. The van der Waals surface area contributed by atoms with Gasteiger partial charge in [0.1, 0.15) is 0 Å². The topological polar surface area (TPSA) is 94.2 Å². The van der Waals surface area contributed by atoms with E-state index in [1.807, 2.05) is 0 Å². The number of carboxylic acid groups (broad SMARTS) is 1. The molecule has 2 heterocycles. The van der Waals surface area contributed by atoms with Gasteiger partial charge in [-0.3, -0.25) is 14.3 Å². The molecule has 0 spiro atoms. The van der Waals surface area contributed by atoms with Crippen molar-refractivity contribution >= 4 is 18.1 Å². The number of aryl methyl sites for hydroxylation is 1. The van der Waals surface area contributed by atoms with Crippen LogP contribution in [0.15, 0.2) is 34.1 Å². The predicted octanol–water partition coefficient (Wildman–Crippen LogP) is 0.348. The van der Waals surface area contributed by atoms with Gasteiger partial charge < -0.3 is 9.67 Å². The molecule has 0 fully saturated rings. The molecule has 0 aromatic carbocycles. The van der Waals surface area contributed by atoms with E-state index in [1.165, 1.54) is 48.3 Å². The molecule has 7 nitrogen and oxygen atoms in total. The molecule has 7 heteroatoms. The first kappa shape index (κ1) is 14.4. The lowest BCUT2D eigenvalue weighted by Crippen LogP contribution is -2.37. The number of pyridine rings is 1. The van der Waals surface area contributed by atoms with Gasteiger partial charge in [0.15, 0.2) is 0 Å². The normalized spacial score (nSPS) is 11.0.